The van der Waals surface area contributed by atoms with Gasteiger partial charge >= 0.3 is 0 Å². The highest BCUT2D eigenvalue weighted by atomic mass is 127. The molecule has 4 aromatic carbocycles. The summed E-state index contributed by atoms with van der Waals surface area (Å²) in [5.41, 5.74) is 7.50. The van der Waals surface area contributed by atoms with Gasteiger partial charge in [-0.2, -0.15) is 0 Å². The van der Waals surface area contributed by atoms with Crippen molar-refractivity contribution in [2.75, 3.05) is 0 Å². The Morgan fingerprint density at radius 3 is 1.84 bits per heavy atom. The Kier molecular flexibility index (Phi) is 5.64. The van der Waals surface area contributed by atoms with Crippen molar-refractivity contribution in [3.05, 3.63) is 102 Å². The van der Waals surface area contributed by atoms with E-state index in [2.05, 4.69) is 49.6 Å². The first-order chi connectivity index (χ1) is 17.9. The number of rotatable bonds is 5. The Balaban J connectivity index is 1.49. The molecule has 0 bridgehead atoms. The number of nitrogens with zero attached hydrogens (tertiary/aromatic N) is 6. The molecule has 6 rings (SSSR count). The summed E-state index contributed by atoms with van der Waals surface area (Å²) in [6, 6.07) is 22.7. The molecule has 0 radical (unpaired) electrons. The van der Waals surface area contributed by atoms with E-state index in [0.717, 1.165) is 37.6 Å². The van der Waals surface area contributed by atoms with E-state index in [4.69, 9.17) is 5.11 Å². The summed E-state index contributed by atoms with van der Waals surface area (Å²) < 4.78 is 0.723. The van der Waals surface area contributed by atoms with Crippen LogP contribution in [-0.4, -0.2) is 40.2 Å². The molecular formula is C28H22IN6O2+. The molecule has 182 valence electrons. The van der Waals surface area contributed by atoms with E-state index in [1.165, 1.54) is 9.59 Å². The van der Waals surface area contributed by atoms with Crippen LogP contribution in [0.25, 0.3) is 39.0 Å². The summed E-state index contributed by atoms with van der Waals surface area (Å²) >= 11 is 2.29. The van der Waals surface area contributed by atoms with Crippen LogP contribution in [0.1, 0.15) is 22.3 Å². The molecule has 0 saturated heterocycles. The van der Waals surface area contributed by atoms with Gasteiger partial charge in [0.1, 0.15) is 27.8 Å². The number of hydrogen-bond donors (Lipinski definition) is 1. The maximum atomic E-state index is 11.4. The maximum Gasteiger partial charge on any atom is 0.290 e. The third-order valence-electron chi connectivity index (χ3n) is 6.22. The number of aromatic hydroxyl groups is 1. The van der Waals surface area contributed by atoms with E-state index >= 15 is 0 Å². The highest BCUT2D eigenvalue weighted by molar-refractivity contribution is 14.1. The van der Waals surface area contributed by atoms with Crippen LogP contribution < -0.4 is 0 Å². The van der Waals surface area contributed by atoms with Crippen molar-refractivity contribution in [2.24, 2.45) is 0 Å². The topological polar surface area (TPSA) is 105 Å². The monoisotopic (exact) mass is 601 g/mol. The molecule has 0 amide bonds. The molecule has 6 aromatic rings. The van der Waals surface area contributed by atoms with Gasteiger partial charge in [-0.3, -0.25) is 0 Å². The predicted octanol–water partition coefficient (Wildman–Crippen LogP) is 5.60. The fourth-order valence-electron chi connectivity index (χ4n) is 4.38. The molecule has 8 nitrogen and oxygen atoms in total. The molecule has 0 spiro atoms. The second-order valence-corrected chi connectivity index (χ2v) is 9.55. The summed E-state index contributed by atoms with van der Waals surface area (Å²) in [6.07, 6.45) is 0. The SMILES string of the molecule is C=C(c1cc(C)cc(-n2nc3ccccc3n2)c1O)c1cc(CI)cc(-n2nc3ccccc3n2)c1[OH2+]. The van der Waals surface area contributed by atoms with Crippen LogP contribution in [-0.2, 0) is 4.43 Å². The highest BCUT2D eigenvalue weighted by Gasteiger charge is 2.24. The Hall–Kier alpha value is -4.25. The molecule has 0 aliphatic rings. The van der Waals surface area contributed by atoms with Crippen molar-refractivity contribution < 1.29 is 10.2 Å². The lowest BCUT2D eigenvalue weighted by atomic mass is 9.94. The second kappa shape index (κ2) is 9.00. The van der Waals surface area contributed by atoms with Gasteiger partial charge in [0.2, 0.25) is 0 Å². The van der Waals surface area contributed by atoms with Gasteiger partial charge < -0.3 is 10.2 Å². The zero-order valence-corrected chi connectivity index (χ0v) is 22.0. The van der Waals surface area contributed by atoms with E-state index in [9.17, 15) is 5.11 Å². The Labute approximate surface area is 225 Å². The molecule has 2 aromatic heterocycles. The number of benzene rings is 4. The first-order valence-electron chi connectivity index (χ1n) is 11.6. The molecular weight excluding hydrogens is 579 g/mol. The van der Waals surface area contributed by atoms with Gasteiger partial charge in [0.25, 0.3) is 5.75 Å². The van der Waals surface area contributed by atoms with Gasteiger partial charge in [-0.25, -0.2) is 0 Å². The average Bonchev–Trinajstić information content (AvgIpc) is 3.54. The summed E-state index contributed by atoms with van der Waals surface area (Å²) in [4.78, 5) is 2.94. The first-order valence-corrected chi connectivity index (χ1v) is 13.1. The quantitative estimate of drug-likeness (QED) is 0.157. The normalized spacial score (nSPS) is 11.4. The average molecular weight is 601 g/mol. The van der Waals surface area contributed by atoms with Gasteiger partial charge in [-0.05, 0) is 72.2 Å². The van der Waals surface area contributed by atoms with Crippen LogP contribution in [0.4, 0.5) is 0 Å². The molecule has 9 heteroatoms. The largest absolute Gasteiger partial charge is 0.591 e. The van der Waals surface area contributed by atoms with Crippen molar-refractivity contribution in [3.63, 3.8) is 0 Å². The number of aromatic nitrogens is 6. The summed E-state index contributed by atoms with van der Waals surface area (Å²) in [5, 5.41) is 38.7. The van der Waals surface area contributed by atoms with Gasteiger partial charge in [0.05, 0.1) is 5.56 Å². The summed E-state index contributed by atoms with van der Waals surface area (Å²) in [5.74, 6) is 0.226. The van der Waals surface area contributed by atoms with Crippen molar-refractivity contribution in [3.8, 4) is 22.9 Å². The fourth-order valence-corrected chi connectivity index (χ4v) is 4.82. The maximum absolute atomic E-state index is 11.4. The Morgan fingerprint density at radius 2 is 1.32 bits per heavy atom. The molecule has 0 atom stereocenters. The van der Waals surface area contributed by atoms with Gasteiger partial charge in [-0.1, -0.05) is 53.4 Å². The number of alkyl halides is 1. The van der Waals surface area contributed by atoms with E-state index in [0.29, 0.717) is 28.1 Å². The minimum atomic E-state index is -0.000291. The van der Waals surface area contributed by atoms with Crippen molar-refractivity contribution in [2.45, 2.75) is 11.4 Å². The van der Waals surface area contributed by atoms with Crippen LogP contribution in [0.5, 0.6) is 11.5 Å². The van der Waals surface area contributed by atoms with Crippen LogP contribution in [0, 0.1) is 6.92 Å². The number of phenolic OH excluding ortho intramolecular Hbond substituents is 1. The standard InChI is InChI=1S/C28H21IN6O2/c1-16-11-19(27(36)25(12-16)34-30-21-7-3-4-8-22(21)31-34)17(2)20-13-18(15-29)14-26(28(20)37)35-32-23-9-5-6-10-24(23)33-35/h3-14,36-37H,2,15H2,1H3/p+1. The Bertz CT molecular complexity index is 1770. The minimum absolute atomic E-state index is 0.000291. The van der Waals surface area contributed by atoms with Gasteiger partial charge in [0.15, 0.2) is 11.4 Å². The lowest BCUT2D eigenvalue weighted by Crippen LogP contribution is -2.04. The Morgan fingerprint density at radius 1 is 0.811 bits per heavy atom. The van der Waals surface area contributed by atoms with E-state index in [1.807, 2.05) is 79.7 Å². The lowest BCUT2D eigenvalue weighted by Gasteiger charge is -2.15. The number of hydrogen-bond acceptors (Lipinski definition) is 5. The van der Waals surface area contributed by atoms with Crippen LogP contribution >= 0.6 is 22.6 Å². The first kappa shape index (κ1) is 23.2. The molecule has 0 aliphatic carbocycles. The predicted molar refractivity (Wildman–Crippen MR) is 153 cm³/mol. The van der Waals surface area contributed by atoms with Crippen LogP contribution in [0.15, 0.2) is 79.4 Å². The summed E-state index contributed by atoms with van der Waals surface area (Å²) in [7, 11) is 0. The van der Waals surface area contributed by atoms with Crippen LogP contribution in [0.3, 0.4) is 0 Å². The molecule has 0 unspecified atom stereocenters. The number of aryl methyl sites for hydroxylation is 1. The molecule has 0 aliphatic heterocycles. The molecule has 3 N–H and O–H groups in total. The van der Waals surface area contributed by atoms with E-state index < -0.39 is 0 Å². The van der Waals surface area contributed by atoms with Crippen LogP contribution in [0.2, 0.25) is 0 Å². The smallest absolute Gasteiger partial charge is 0.290 e. The molecule has 2 heterocycles. The van der Waals surface area contributed by atoms with Gasteiger partial charge in [0, 0.05) is 9.99 Å². The minimum Gasteiger partial charge on any atom is -0.591 e. The molecule has 37 heavy (non-hydrogen) atoms. The van der Waals surface area contributed by atoms with Gasteiger partial charge in [-0.15, -0.1) is 30.0 Å². The van der Waals surface area contributed by atoms with Crippen molar-refractivity contribution in [1.82, 2.24) is 30.0 Å². The lowest BCUT2D eigenvalue weighted by molar-refractivity contribution is 0.463. The summed E-state index contributed by atoms with van der Waals surface area (Å²) in [6.45, 7) is 6.25. The molecule has 0 saturated carbocycles. The number of fused-ring (bicyclic) bond motifs is 2. The van der Waals surface area contributed by atoms with E-state index in [-0.39, 0.29) is 11.5 Å². The van der Waals surface area contributed by atoms with Crippen molar-refractivity contribution in [1.29, 1.82) is 0 Å². The zero-order chi connectivity index (χ0) is 25.7. The number of phenols is 1. The second-order valence-electron chi connectivity index (χ2n) is 8.79. The third kappa shape index (κ3) is 4.01. The molecule has 0 fully saturated rings. The zero-order valence-electron chi connectivity index (χ0n) is 19.9. The highest BCUT2D eigenvalue weighted by Crippen LogP contribution is 2.40. The van der Waals surface area contributed by atoms with Crippen molar-refractivity contribution >= 4 is 50.2 Å². The fraction of sp³-hybridized carbons (Fsp3) is 0.0714. The third-order valence-corrected chi connectivity index (χ3v) is 7.10. The number of halogens is 1. The van der Waals surface area contributed by atoms with E-state index in [1.54, 1.807) is 0 Å².